The molecule has 1 atom stereocenters. The summed E-state index contributed by atoms with van der Waals surface area (Å²) in [6.45, 7) is 3.12. The summed E-state index contributed by atoms with van der Waals surface area (Å²) in [5.74, 6) is -0.411. The molecule has 1 aromatic heterocycles. The maximum atomic E-state index is 11.7. The molecule has 1 aliphatic heterocycles. The van der Waals surface area contributed by atoms with E-state index in [0.29, 0.717) is 18.8 Å². The van der Waals surface area contributed by atoms with Crippen molar-refractivity contribution in [2.24, 2.45) is 0 Å². The topological polar surface area (TPSA) is 67.4 Å². The lowest BCUT2D eigenvalue weighted by Gasteiger charge is -2.23. The average molecular weight is 268 g/mol. The number of hydrogen-bond acceptors (Lipinski definition) is 4. The van der Waals surface area contributed by atoms with Crippen LogP contribution in [0.3, 0.4) is 0 Å². The third-order valence-corrected chi connectivity index (χ3v) is 3.54. The number of carbonyl (C=O) groups excluding carboxylic acids is 2. The third-order valence-electron chi connectivity index (χ3n) is 2.85. The van der Waals surface area contributed by atoms with Crippen molar-refractivity contribution in [3.63, 3.8) is 0 Å². The predicted molar refractivity (Wildman–Crippen MR) is 68.6 cm³/mol. The van der Waals surface area contributed by atoms with Crippen LogP contribution in [0.1, 0.15) is 23.7 Å². The molecule has 0 saturated carbocycles. The van der Waals surface area contributed by atoms with Gasteiger partial charge in [-0.1, -0.05) is 0 Å². The van der Waals surface area contributed by atoms with Crippen molar-refractivity contribution in [1.82, 2.24) is 10.6 Å². The second-order valence-electron chi connectivity index (χ2n) is 4.61. The van der Waals surface area contributed by atoms with E-state index in [-0.39, 0.29) is 23.9 Å². The van der Waals surface area contributed by atoms with E-state index in [1.54, 1.807) is 11.4 Å². The molecule has 1 aliphatic rings. The van der Waals surface area contributed by atoms with Crippen molar-refractivity contribution in [2.75, 3.05) is 19.8 Å². The van der Waals surface area contributed by atoms with Crippen LogP contribution >= 0.6 is 11.3 Å². The Balaban J connectivity index is 1.76. The summed E-state index contributed by atoms with van der Waals surface area (Å²) in [6, 6.07) is 1.73. The Bertz CT molecular complexity index is 425. The molecule has 1 aromatic rings. The number of carbonyl (C=O) groups is 2. The quantitative estimate of drug-likeness (QED) is 0.847. The van der Waals surface area contributed by atoms with Gasteiger partial charge in [-0.3, -0.25) is 9.59 Å². The van der Waals surface area contributed by atoms with Crippen molar-refractivity contribution < 1.29 is 14.3 Å². The summed E-state index contributed by atoms with van der Waals surface area (Å²) < 4.78 is 5.24. The van der Waals surface area contributed by atoms with Crippen molar-refractivity contribution in [3.05, 3.63) is 22.4 Å². The second kappa shape index (κ2) is 5.49. The van der Waals surface area contributed by atoms with Gasteiger partial charge in [0.15, 0.2) is 0 Å². The van der Waals surface area contributed by atoms with Crippen molar-refractivity contribution in [2.45, 2.75) is 18.9 Å². The van der Waals surface area contributed by atoms with Gasteiger partial charge in [-0.25, -0.2) is 0 Å². The Morgan fingerprint density at radius 1 is 1.56 bits per heavy atom. The molecular formula is C12H16N2O3S. The van der Waals surface area contributed by atoms with Crippen LogP contribution in [-0.2, 0) is 9.53 Å². The molecule has 98 valence electrons. The summed E-state index contributed by atoms with van der Waals surface area (Å²) in [6.07, 6.45) is 0.803. The minimum atomic E-state index is -0.301. The molecule has 0 spiro atoms. The van der Waals surface area contributed by atoms with Gasteiger partial charge < -0.3 is 15.4 Å². The van der Waals surface area contributed by atoms with Gasteiger partial charge in [0.1, 0.15) is 0 Å². The highest BCUT2D eigenvalue weighted by molar-refractivity contribution is 7.08. The van der Waals surface area contributed by atoms with Gasteiger partial charge in [0, 0.05) is 17.6 Å². The highest BCUT2D eigenvalue weighted by Crippen LogP contribution is 2.16. The third kappa shape index (κ3) is 3.30. The number of rotatable bonds is 4. The van der Waals surface area contributed by atoms with E-state index in [2.05, 4.69) is 10.6 Å². The fourth-order valence-corrected chi connectivity index (χ4v) is 2.44. The Kier molecular flexibility index (Phi) is 3.98. The number of amides is 2. The highest BCUT2D eigenvalue weighted by atomic mass is 32.1. The number of thiophene rings is 1. The molecule has 0 aliphatic carbocycles. The molecule has 5 nitrogen and oxygen atoms in total. The van der Waals surface area contributed by atoms with Crippen LogP contribution in [0.25, 0.3) is 0 Å². The molecule has 0 aromatic carbocycles. The fourth-order valence-electron chi connectivity index (χ4n) is 1.80. The molecule has 2 N–H and O–H groups in total. The fraction of sp³-hybridized carbons (Fsp3) is 0.500. The zero-order chi connectivity index (χ0) is 13.0. The number of ether oxygens (including phenoxy) is 1. The smallest absolute Gasteiger partial charge is 0.252 e. The molecule has 2 amide bonds. The first-order valence-electron chi connectivity index (χ1n) is 5.78. The largest absolute Gasteiger partial charge is 0.379 e. The normalized spacial score (nSPS) is 22.7. The molecule has 0 bridgehead atoms. The molecule has 2 rings (SSSR count). The molecule has 2 heterocycles. The van der Waals surface area contributed by atoms with Crippen molar-refractivity contribution in [1.29, 1.82) is 0 Å². The summed E-state index contributed by atoms with van der Waals surface area (Å²) in [4.78, 5) is 23.3. The maximum Gasteiger partial charge on any atom is 0.252 e. The second-order valence-corrected chi connectivity index (χ2v) is 5.39. The Morgan fingerprint density at radius 3 is 3.00 bits per heavy atom. The van der Waals surface area contributed by atoms with E-state index < -0.39 is 0 Å². The minimum absolute atomic E-state index is 0.00965. The SMILES string of the molecule is C[C@]1(NC(=O)CNC(=O)c2ccsc2)CCOC1. The van der Waals surface area contributed by atoms with Gasteiger partial charge in [0.2, 0.25) is 5.91 Å². The predicted octanol–water partition coefficient (Wildman–Crippen LogP) is 0.773. The Labute approximate surface area is 110 Å². The Hall–Kier alpha value is -1.40. The van der Waals surface area contributed by atoms with Crippen LogP contribution in [0.2, 0.25) is 0 Å². The van der Waals surface area contributed by atoms with E-state index in [9.17, 15) is 9.59 Å². The number of nitrogens with one attached hydrogen (secondary N) is 2. The van der Waals surface area contributed by atoms with Gasteiger partial charge >= 0.3 is 0 Å². The van der Waals surface area contributed by atoms with Gasteiger partial charge in [-0.15, -0.1) is 0 Å². The first-order chi connectivity index (χ1) is 8.59. The number of hydrogen-bond donors (Lipinski definition) is 2. The van der Waals surface area contributed by atoms with E-state index in [1.165, 1.54) is 11.3 Å². The maximum absolute atomic E-state index is 11.7. The zero-order valence-electron chi connectivity index (χ0n) is 10.2. The van der Waals surface area contributed by atoms with Gasteiger partial charge in [0.25, 0.3) is 5.91 Å². The van der Waals surface area contributed by atoms with Crippen LogP contribution in [0.5, 0.6) is 0 Å². The molecule has 18 heavy (non-hydrogen) atoms. The van der Waals surface area contributed by atoms with Crippen LogP contribution in [0.4, 0.5) is 0 Å². The van der Waals surface area contributed by atoms with Crippen LogP contribution in [0.15, 0.2) is 16.8 Å². The molecule has 1 saturated heterocycles. The van der Waals surface area contributed by atoms with E-state index in [1.807, 2.05) is 12.3 Å². The van der Waals surface area contributed by atoms with Crippen LogP contribution < -0.4 is 10.6 Å². The van der Waals surface area contributed by atoms with Gasteiger partial charge in [0.05, 0.1) is 18.7 Å². The zero-order valence-corrected chi connectivity index (χ0v) is 11.0. The Morgan fingerprint density at radius 2 is 2.39 bits per heavy atom. The first kappa shape index (κ1) is 13.0. The lowest BCUT2D eigenvalue weighted by Crippen LogP contribution is -2.49. The summed E-state index contributed by atoms with van der Waals surface area (Å²) in [5.41, 5.74) is 0.285. The standard InChI is InChI=1S/C12H16N2O3S/c1-12(3-4-17-8-12)14-10(15)6-13-11(16)9-2-5-18-7-9/h2,5,7H,3-4,6,8H2,1H3,(H,13,16)(H,14,15)/t12-/m0/s1. The first-order valence-corrected chi connectivity index (χ1v) is 6.72. The average Bonchev–Trinajstić information content (AvgIpc) is 2.97. The van der Waals surface area contributed by atoms with E-state index in [4.69, 9.17) is 4.74 Å². The lowest BCUT2D eigenvalue weighted by molar-refractivity contribution is -0.121. The molecule has 1 fully saturated rings. The molecule has 0 radical (unpaired) electrons. The highest BCUT2D eigenvalue weighted by Gasteiger charge is 2.31. The monoisotopic (exact) mass is 268 g/mol. The van der Waals surface area contributed by atoms with Gasteiger partial charge in [-0.05, 0) is 24.8 Å². The lowest BCUT2D eigenvalue weighted by atomic mass is 10.0. The van der Waals surface area contributed by atoms with Crippen molar-refractivity contribution in [3.8, 4) is 0 Å². The summed E-state index contributed by atoms with van der Waals surface area (Å²) >= 11 is 1.45. The van der Waals surface area contributed by atoms with Gasteiger partial charge in [-0.2, -0.15) is 11.3 Å². The van der Waals surface area contributed by atoms with Crippen LogP contribution in [0, 0.1) is 0 Å². The molecule has 0 unspecified atom stereocenters. The van der Waals surface area contributed by atoms with Crippen LogP contribution in [-0.4, -0.2) is 37.1 Å². The molecule has 6 heteroatoms. The van der Waals surface area contributed by atoms with Crippen molar-refractivity contribution >= 4 is 23.2 Å². The molecular weight excluding hydrogens is 252 g/mol. The van der Waals surface area contributed by atoms with E-state index in [0.717, 1.165) is 6.42 Å². The minimum Gasteiger partial charge on any atom is -0.379 e. The van der Waals surface area contributed by atoms with E-state index >= 15 is 0 Å². The summed E-state index contributed by atoms with van der Waals surface area (Å²) in [7, 11) is 0. The summed E-state index contributed by atoms with van der Waals surface area (Å²) in [5, 5.41) is 9.05.